The predicted octanol–water partition coefficient (Wildman–Crippen LogP) is 4.93. The number of thiophene rings is 1. The maximum atomic E-state index is 13.1. The average Bonchev–Trinajstić information content (AvgIpc) is 3.62. The Hall–Kier alpha value is -2.64. The lowest BCUT2D eigenvalue weighted by Crippen LogP contribution is -2.52. The fourth-order valence-corrected chi connectivity index (χ4v) is 7.33. The number of nitrogens with zero attached hydrogens (tertiary/aromatic N) is 6. The first-order valence-corrected chi connectivity index (χ1v) is 15.6. The van der Waals surface area contributed by atoms with Crippen molar-refractivity contribution in [3.63, 3.8) is 0 Å². The van der Waals surface area contributed by atoms with E-state index >= 15 is 0 Å². The van der Waals surface area contributed by atoms with Gasteiger partial charge in [0, 0.05) is 66.7 Å². The number of thiazole rings is 1. The Kier molecular flexibility index (Phi) is 9.01. The number of piperazine rings is 1. The van der Waals surface area contributed by atoms with E-state index in [1.165, 1.54) is 41.7 Å². The Labute approximate surface area is 247 Å². The monoisotopic (exact) mass is 603 g/mol. The molecule has 2 fully saturated rings. The van der Waals surface area contributed by atoms with Crippen LogP contribution in [0.2, 0.25) is 4.34 Å². The third-order valence-electron chi connectivity index (χ3n) is 7.74. The average molecular weight is 604 g/mol. The lowest BCUT2D eigenvalue weighted by molar-refractivity contribution is -0.137. The summed E-state index contributed by atoms with van der Waals surface area (Å²) in [5.41, 5.74) is 2.03. The highest BCUT2D eigenvalue weighted by molar-refractivity contribution is 7.16. The zero-order valence-corrected chi connectivity index (χ0v) is 25.2. The molecular weight excluding hydrogens is 570 g/mol. The van der Waals surface area contributed by atoms with E-state index in [2.05, 4.69) is 50.8 Å². The molecule has 0 unspecified atom stereocenters. The highest BCUT2D eigenvalue weighted by Crippen LogP contribution is 2.38. The lowest BCUT2D eigenvalue weighted by atomic mass is 10.2. The molecule has 5 rings (SSSR count). The van der Waals surface area contributed by atoms with Gasteiger partial charge in [-0.25, -0.2) is 15.0 Å². The first-order valence-electron chi connectivity index (χ1n) is 13.5. The van der Waals surface area contributed by atoms with Gasteiger partial charge in [-0.05, 0) is 39.7 Å². The summed E-state index contributed by atoms with van der Waals surface area (Å²) in [4.78, 5) is 45.6. The summed E-state index contributed by atoms with van der Waals surface area (Å²) in [6.45, 7) is 10.1. The number of aliphatic carboxylic acids is 1. The van der Waals surface area contributed by atoms with Gasteiger partial charge in [0.2, 0.25) is 0 Å². The number of carbonyl (C=O) groups is 2. The molecule has 3 atom stereocenters. The van der Waals surface area contributed by atoms with E-state index in [4.69, 9.17) is 21.7 Å². The van der Waals surface area contributed by atoms with Crippen LogP contribution in [0.4, 0.5) is 10.9 Å². The molecule has 5 heterocycles. The van der Waals surface area contributed by atoms with Crippen molar-refractivity contribution >= 4 is 57.1 Å². The first kappa shape index (κ1) is 28.9. The van der Waals surface area contributed by atoms with Crippen LogP contribution in [0.3, 0.4) is 0 Å². The van der Waals surface area contributed by atoms with Crippen molar-refractivity contribution < 1.29 is 14.7 Å². The number of carboxylic acids is 1. The molecule has 1 amide bonds. The second kappa shape index (κ2) is 12.5. The van der Waals surface area contributed by atoms with Crippen LogP contribution >= 0.6 is 34.3 Å². The molecule has 13 heteroatoms. The minimum Gasteiger partial charge on any atom is -0.481 e. The van der Waals surface area contributed by atoms with Gasteiger partial charge in [-0.1, -0.05) is 22.9 Å². The van der Waals surface area contributed by atoms with Gasteiger partial charge in [0.1, 0.15) is 11.5 Å². The van der Waals surface area contributed by atoms with E-state index in [0.29, 0.717) is 40.5 Å². The molecule has 0 saturated carbocycles. The zero-order valence-electron chi connectivity index (χ0n) is 22.8. The maximum absolute atomic E-state index is 13.1. The molecule has 214 valence electrons. The lowest BCUT2D eigenvalue weighted by Gasteiger charge is -2.40. The molecule has 3 aromatic heterocycles. The van der Waals surface area contributed by atoms with E-state index in [1.54, 1.807) is 6.20 Å². The van der Waals surface area contributed by atoms with Crippen molar-refractivity contribution in [1.82, 2.24) is 24.8 Å². The molecule has 10 nitrogen and oxygen atoms in total. The normalized spacial score (nSPS) is 22.1. The number of hydrogen-bond donors (Lipinski definition) is 2. The molecule has 3 aromatic rings. The van der Waals surface area contributed by atoms with E-state index in [-0.39, 0.29) is 24.1 Å². The minimum absolute atomic E-state index is 0.135. The second-order valence-electron chi connectivity index (χ2n) is 10.6. The van der Waals surface area contributed by atoms with E-state index in [9.17, 15) is 9.59 Å². The molecule has 0 bridgehead atoms. The maximum Gasteiger partial charge on any atom is 0.304 e. The SMILES string of the molecule is C[C@@H]1CN(CCC(=O)O)CCN1c1cnc(C(=O)Nc2nc(-c3csc(Cl)c3)c(CN3[C@H](C)CC[C@H]3C)s2)cn1. The van der Waals surface area contributed by atoms with Gasteiger partial charge in [0.05, 0.1) is 28.8 Å². The fraction of sp³-hybridized carbons (Fsp3) is 0.519. The summed E-state index contributed by atoms with van der Waals surface area (Å²) in [6.07, 6.45) is 5.61. The first-order chi connectivity index (χ1) is 19.2. The highest BCUT2D eigenvalue weighted by atomic mass is 35.5. The number of anilines is 2. The summed E-state index contributed by atoms with van der Waals surface area (Å²) in [5, 5.41) is 14.4. The largest absolute Gasteiger partial charge is 0.481 e. The number of aromatic nitrogens is 3. The number of likely N-dealkylation sites (tertiary alicyclic amines) is 1. The third-order valence-corrected chi connectivity index (χ3v) is 9.78. The molecule has 0 aromatic carbocycles. The van der Waals surface area contributed by atoms with Gasteiger partial charge < -0.3 is 10.0 Å². The van der Waals surface area contributed by atoms with Gasteiger partial charge in [-0.2, -0.15) is 0 Å². The number of hydrogen-bond acceptors (Lipinski definition) is 10. The summed E-state index contributed by atoms with van der Waals surface area (Å²) < 4.78 is 0.703. The number of halogens is 1. The van der Waals surface area contributed by atoms with Crippen molar-refractivity contribution in [2.24, 2.45) is 0 Å². The van der Waals surface area contributed by atoms with Crippen LogP contribution in [-0.4, -0.2) is 86.0 Å². The standard InChI is InChI=1S/C27H34ClN7O3S2/c1-16-4-5-17(2)35(16)14-21-25(19-10-22(28)39-15-19)31-27(40-21)32-26(38)20-11-30-23(12-29-20)34-9-8-33(13-18(34)3)7-6-24(36)37/h10-12,15-18H,4-9,13-14H2,1-3H3,(H,36,37)(H,31,32,38)/t16-,17-,18-/m1/s1. The second-order valence-corrected chi connectivity index (χ2v) is 13.2. The summed E-state index contributed by atoms with van der Waals surface area (Å²) in [5.74, 6) is -0.445. The van der Waals surface area contributed by atoms with Crippen molar-refractivity contribution in [2.75, 3.05) is 36.4 Å². The Bertz CT molecular complexity index is 1340. The molecule has 40 heavy (non-hydrogen) atoms. The van der Waals surface area contributed by atoms with Crippen molar-refractivity contribution in [1.29, 1.82) is 0 Å². The van der Waals surface area contributed by atoms with Crippen molar-refractivity contribution in [3.05, 3.63) is 38.7 Å². The topological polar surface area (TPSA) is 115 Å². The van der Waals surface area contributed by atoms with E-state index < -0.39 is 5.97 Å². The fourth-order valence-electron chi connectivity index (χ4n) is 5.48. The molecule has 2 aliphatic heterocycles. The zero-order chi connectivity index (χ0) is 28.4. The Morgan fingerprint density at radius 3 is 2.52 bits per heavy atom. The Morgan fingerprint density at radius 2 is 1.90 bits per heavy atom. The number of carboxylic acid groups (broad SMARTS) is 1. The minimum atomic E-state index is -0.785. The summed E-state index contributed by atoms with van der Waals surface area (Å²) in [7, 11) is 0. The molecule has 0 spiro atoms. The molecule has 0 radical (unpaired) electrons. The molecule has 2 N–H and O–H groups in total. The molecule has 0 aliphatic carbocycles. The van der Waals surface area contributed by atoms with Gasteiger partial charge in [0.25, 0.3) is 5.91 Å². The Morgan fingerprint density at radius 1 is 1.12 bits per heavy atom. The predicted molar refractivity (Wildman–Crippen MR) is 160 cm³/mol. The number of carbonyl (C=O) groups excluding carboxylic acids is 1. The number of nitrogens with one attached hydrogen (secondary N) is 1. The number of amides is 1. The van der Waals surface area contributed by atoms with Crippen molar-refractivity contribution in [2.45, 2.75) is 64.7 Å². The van der Waals surface area contributed by atoms with Crippen LogP contribution in [0.1, 0.15) is 55.4 Å². The molecule has 2 saturated heterocycles. The van der Waals surface area contributed by atoms with Gasteiger partial charge in [0.15, 0.2) is 5.13 Å². The smallest absolute Gasteiger partial charge is 0.304 e. The van der Waals surface area contributed by atoms with Crippen molar-refractivity contribution in [3.8, 4) is 11.3 Å². The van der Waals surface area contributed by atoms with Gasteiger partial charge in [-0.3, -0.25) is 24.7 Å². The van der Waals surface area contributed by atoms with Crippen LogP contribution in [0.5, 0.6) is 0 Å². The quantitative estimate of drug-likeness (QED) is 0.351. The molecule has 2 aliphatic rings. The third kappa shape index (κ3) is 6.63. The highest BCUT2D eigenvalue weighted by Gasteiger charge is 2.30. The summed E-state index contributed by atoms with van der Waals surface area (Å²) >= 11 is 9.19. The van der Waals surface area contributed by atoms with E-state index in [0.717, 1.165) is 35.8 Å². The van der Waals surface area contributed by atoms with Gasteiger partial charge >= 0.3 is 5.97 Å². The van der Waals surface area contributed by atoms with E-state index in [1.807, 2.05) is 11.4 Å². The van der Waals surface area contributed by atoms with Crippen LogP contribution in [0.25, 0.3) is 11.3 Å². The van der Waals surface area contributed by atoms with Crippen LogP contribution < -0.4 is 10.2 Å². The molecular formula is C27H34ClN7O3S2. The van der Waals surface area contributed by atoms with Crippen LogP contribution in [0, 0.1) is 0 Å². The Balaban J connectivity index is 1.26. The van der Waals surface area contributed by atoms with Crippen LogP contribution in [0.15, 0.2) is 23.8 Å². The van der Waals surface area contributed by atoms with Crippen LogP contribution in [-0.2, 0) is 11.3 Å². The summed E-state index contributed by atoms with van der Waals surface area (Å²) in [6, 6.07) is 3.07. The van der Waals surface area contributed by atoms with Gasteiger partial charge in [-0.15, -0.1) is 11.3 Å². The number of rotatable bonds is 9.